The molecule has 39 heavy (non-hydrogen) atoms. The number of hydrazone groups is 1. The Hall–Kier alpha value is -4.62. The molecule has 0 aliphatic carbocycles. The number of ether oxygens (including phenoxy) is 2. The highest BCUT2D eigenvalue weighted by Crippen LogP contribution is 2.28. The Balaban J connectivity index is 1.36. The van der Waals surface area contributed by atoms with Crippen LogP contribution in [0, 0.1) is 0 Å². The molecule has 7 nitrogen and oxygen atoms in total. The minimum atomic E-state index is -0.522. The first-order valence-corrected chi connectivity index (χ1v) is 12.7. The number of amides is 2. The summed E-state index contributed by atoms with van der Waals surface area (Å²) in [5.74, 6) is 0.509. The summed E-state index contributed by atoms with van der Waals surface area (Å²) < 4.78 is 11.3. The molecule has 0 fully saturated rings. The molecule has 198 valence electrons. The fraction of sp³-hybridized carbons (Fsp3) is 0.129. The summed E-state index contributed by atoms with van der Waals surface area (Å²) >= 11 is 5.93. The number of nitrogens with one attached hydrogen (secondary N) is 2. The number of methoxy groups -OCH3 is 1. The number of hydrogen-bond donors (Lipinski definition) is 2. The third-order valence-corrected chi connectivity index (χ3v) is 6.08. The maximum absolute atomic E-state index is 12.7. The molecular formula is C31H28ClN3O4. The molecule has 0 aliphatic heterocycles. The van der Waals surface area contributed by atoms with Gasteiger partial charge in [-0.3, -0.25) is 9.59 Å². The molecule has 0 spiro atoms. The molecule has 4 aromatic rings. The van der Waals surface area contributed by atoms with Gasteiger partial charge in [0.1, 0.15) is 6.61 Å². The zero-order valence-electron chi connectivity index (χ0n) is 21.3. The normalized spacial score (nSPS) is 11.5. The average Bonchev–Trinajstić information content (AvgIpc) is 2.97. The summed E-state index contributed by atoms with van der Waals surface area (Å²) in [4.78, 5) is 25.5. The molecule has 8 heteroatoms. The van der Waals surface area contributed by atoms with E-state index in [1.54, 1.807) is 43.5 Å². The first-order chi connectivity index (χ1) is 19.0. The van der Waals surface area contributed by atoms with Gasteiger partial charge >= 0.3 is 0 Å². The molecule has 0 aromatic heterocycles. The van der Waals surface area contributed by atoms with Gasteiger partial charge in [-0.1, -0.05) is 72.3 Å². The Morgan fingerprint density at radius 1 is 0.897 bits per heavy atom. The Labute approximate surface area is 232 Å². The minimum Gasteiger partial charge on any atom is -0.493 e. The van der Waals surface area contributed by atoms with Crippen molar-refractivity contribution in [2.75, 3.05) is 7.11 Å². The summed E-state index contributed by atoms with van der Waals surface area (Å²) in [5, 5.41) is 7.70. The van der Waals surface area contributed by atoms with Crippen LogP contribution in [-0.2, 0) is 11.4 Å². The highest BCUT2D eigenvalue weighted by atomic mass is 35.5. The topological polar surface area (TPSA) is 89.0 Å². The number of halogens is 1. The van der Waals surface area contributed by atoms with Crippen LogP contribution >= 0.6 is 11.6 Å². The average molecular weight is 542 g/mol. The smallest absolute Gasteiger partial charge is 0.251 e. The molecule has 1 atom stereocenters. The van der Waals surface area contributed by atoms with Crippen molar-refractivity contribution in [3.8, 4) is 11.5 Å². The Morgan fingerprint density at radius 2 is 1.59 bits per heavy atom. The van der Waals surface area contributed by atoms with Crippen molar-refractivity contribution < 1.29 is 19.1 Å². The van der Waals surface area contributed by atoms with E-state index in [-0.39, 0.29) is 18.2 Å². The molecular weight excluding hydrogens is 514 g/mol. The van der Waals surface area contributed by atoms with Crippen LogP contribution in [0.4, 0.5) is 0 Å². The van der Waals surface area contributed by atoms with E-state index in [0.717, 1.165) is 11.1 Å². The Bertz CT molecular complexity index is 1410. The van der Waals surface area contributed by atoms with Crippen LogP contribution in [0.1, 0.15) is 39.5 Å². The highest BCUT2D eigenvalue weighted by Gasteiger charge is 2.19. The van der Waals surface area contributed by atoms with E-state index in [1.165, 1.54) is 6.21 Å². The predicted octanol–water partition coefficient (Wildman–Crippen LogP) is 5.94. The summed E-state index contributed by atoms with van der Waals surface area (Å²) in [5.41, 5.74) is 5.57. The molecule has 0 bridgehead atoms. The van der Waals surface area contributed by atoms with Gasteiger partial charge in [-0.15, -0.1) is 0 Å². The first kappa shape index (κ1) is 27.4. The SMILES string of the molecule is COc1cc(/C=N\NC(=O)C[C@@H](NC(=O)c2ccccc2)c2ccccc2)ccc1OCc1ccc(Cl)cc1. The molecule has 4 aromatic carbocycles. The second kappa shape index (κ2) is 13.8. The molecule has 2 N–H and O–H groups in total. The van der Waals surface area contributed by atoms with Crippen molar-refractivity contribution >= 4 is 29.6 Å². The number of rotatable bonds is 11. The van der Waals surface area contributed by atoms with Crippen LogP contribution in [0.15, 0.2) is 108 Å². The molecule has 4 rings (SSSR count). The minimum absolute atomic E-state index is 0.0146. The fourth-order valence-corrected chi connectivity index (χ4v) is 3.93. The predicted molar refractivity (Wildman–Crippen MR) is 152 cm³/mol. The van der Waals surface area contributed by atoms with Crippen LogP contribution < -0.4 is 20.2 Å². The van der Waals surface area contributed by atoms with Crippen molar-refractivity contribution in [2.45, 2.75) is 19.1 Å². The van der Waals surface area contributed by atoms with Crippen molar-refractivity contribution in [2.24, 2.45) is 5.10 Å². The standard InChI is InChI=1S/C31H28ClN3O4/c1-38-29-18-23(14-17-28(29)39-21-22-12-15-26(32)16-13-22)20-33-35-30(36)19-27(24-8-4-2-5-9-24)34-31(37)25-10-6-3-7-11-25/h2-18,20,27H,19,21H2,1H3,(H,34,37)(H,35,36)/b33-20-/t27-/m1/s1. The van der Waals surface area contributed by atoms with E-state index in [4.69, 9.17) is 21.1 Å². The van der Waals surface area contributed by atoms with Crippen molar-refractivity contribution in [1.29, 1.82) is 0 Å². The highest BCUT2D eigenvalue weighted by molar-refractivity contribution is 6.30. The third kappa shape index (κ3) is 8.18. The van der Waals surface area contributed by atoms with Crippen LogP contribution in [0.25, 0.3) is 0 Å². The van der Waals surface area contributed by atoms with Gasteiger partial charge < -0.3 is 14.8 Å². The van der Waals surface area contributed by atoms with Crippen LogP contribution in [0.5, 0.6) is 11.5 Å². The van der Waals surface area contributed by atoms with Gasteiger partial charge in [-0.25, -0.2) is 5.43 Å². The molecule has 0 saturated carbocycles. The van der Waals surface area contributed by atoms with Gasteiger partial charge in [0.05, 0.1) is 25.8 Å². The van der Waals surface area contributed by atoms with Gasteiger partial charge in [0.15, 0.2) is 11.5 Å². The van der Waals surface area contributed by atoms with Gasteiger partial charge in [-0.2, -0.15) is 5.10 Å². The van der Waals surface area contributed by atoms with E-state index in [2.05, 4.69) is 15.8 Å². The molecule has 0 heterocycles. The maximum Gasteiger partial charge on any atom is 0.251 e. The lowest BCUT2D eigenvalue weighted by molar-refractivity contribution is -0.121. The lowest BCUT2D eigenvalue weighted by Crippen LogP contribution is -2.32. The molecule has 2 amide bonds. The lowest BCUT2D eigenvalue weighted by Gasteiger charge is -2.18. The van der Waals surface area contributed by atoms with Gasteiger partial charge in [-0.05, 0) is 59.2 Å². The number of benzene rings is 4. The van der Waals surface area contributed by atoms with Gasteiger partial charge in [0.2, 0.25) is 5.91 Å². The lowest BCUT2D eigenvalue weighted by atomic mass is 10.0. The van der Waals surface area contributed by atoms with E-state index in [1.807, 2.05) is 66.7 Å². The van der Waals surface area contributed by atoms with E-state index in [9.17, 15) is 9.59 Å². The number of carbonyl (C=O) groups is 2. The van der Waals surface area contributed by atoms with Crippen LogP contribution in [-0.4, -0.2) is 25.1 Å². The first-order valence-electron chi connectivity index (χ1n) is 12.3. The molecule has 0 unspecified atom stereocenters. The zero-order valence-corrected chi connectivity index (χ0v) is 22.1. The van der Waals surface area contributed by atoms with E-state index >= 15 is 0 Å². The number of nitrogens with zero attached hydrogens (tertiary/aromatic N) is 1. The third-order valence-electron chi connectivity index (χ3n) is 5.83. The Morgan fingerprint density at radius 3 is 2.28 bits per heavy atom. The van der Waals surface area contributed by atoms with Crippen LogP contribution in [0.3, 0.4) is 0 Å². The summed E-state index contributed by atoms with van der Waals surface area (Å²) in [6.45, 7) is 0.362. The largest absolute Gasteiger partial charge is 0.493 e. The monoisotopic (exact) mass is 541 g/mol. The molecule has 0 saturated heterocycles. The van der Waals surface area contributed by atoms with Gasteiger partial charge in [0.25, 0.3) is 5.91 Å². The summed E-state index contributed by atoms with van der Waals surface area (Å²) in [6, 6.07) is 30.5. The Kier molecular flexibility index (Phi) is 9.69. The van der Waals surface area contributed by atoms with E-state index in [0.29, 0.717) is 34.3 Å². The van der Waals surface area contributed by atoms with Crippen molar-refractivity contribution in [3.63, 3.8) is 0 Å². The molecule has 0 radical (unpaired) electrons. The number of hydrogen-bond acceptors (Lipinski definition) is 5. The summed E-state index contributed by atoms with van der Waals surface area (Å²) in [7, 11) is 1.56. The second-order valence-electron chi connectivity index (χ2n) is 8.63. The fourth-order valence-electron chi connectivity index (χ4n) is 3.80. The van der Waals surface area contributed by atoms with E-state index < -0.39 is 6.04 Å². The zero-order chi connectivity index (χ0) is 27.5. The van der Waals surface area contributed by atoms with Crippen LogP contribution in [0.2, 0.25) is 5.02 Å². The summed E-state index contributed by atoms with van der Waals surface area (Å²) in [6.07, 6.45) is 1.53. The second-order valence-corrected chi connectivity index (χ2v) is 9.06. The van der Waals surface area contributed by atoms with Crippen molar-refractivity contribution in [1.82, 2.24) is 10.7 Å². The van der Waals surface area contributed by atoms with Gasteiger partial charge in [0, 0.05) is 10.6 Å². The quantitative estimate of drug-likeness (QED) is 0.182. The molecule has 0 aliphatic rings. The maximum atomic E-state index is 12.7. The van der Waals surface area contributed by atoms with Crippen molar-refractivity contribution in [3.05, 3.63) is 130 Å². The number of carbonyl (C=O) groups excluding carboxylic acids is 2.